The lowest BCUT2D eigenvalue weighted by Crippen LogP contribution is -3.28. The van der Waals surface area contributed by atoms with Gasteiger partial charge in [0.15, 0.2) is 6.23 Å². The summed E-state index contributed by atoms with van der Waals surface area (Å²) in [6, 6.07) is 9.63. The van der Waals surface area contributed by atoms with Crippen LogP contribution in [0.4, 0.5) is 5.69 Å². The molecule has 26 heavy (non-hydrogen) atoms. The molecule has 138 valence electrons. The normalized spacial score (nSPS) is 51.7. The van der Waals surface area contributed by atoms with E-state index in [1.165, 1.54) is 16.2 Å². The first-order chi connectivity index (χ1) is 12.6. The maximum absolute atomic E-state index is 12.1. The minimum Gasteiger partial charge on any atom is -0.461 e. The lowest BCUT2D eigenvalue weighted by molar-refractivity contribution is -1.02. The lowest BCUT2D eigenvalue weighted by atomic mass is 9.63. The number of carbonyl (C=O) groups excluding carboxylic acids is 1. The fraction of sp³-hybridized carbons (Fsp3) is 0.667. The minimum atomic E-state index is -0.274. The molecule has 1 spiro atoms. The van der Waals surface area contributed by atoms with Crippen molar-refractivity contribution in [3.8, 4) is 0 Å². The van der Waals surface area contributed by atoms with Crippen LogP contribution in [0.2, 0.25) is 0 Å². The molecule has 5 heteroatoms. The van der Waals surface area contributed by atoms with Crippen molar-refractivity contribution in [1.82, 2.24) is 0 Å². The molecule has 1 saturated carbocycles. The zero-order valence-electron chi connectivity index (χ0n) is 15.3. The van der Waals surface area contributed by atoms with Gasteiger partial charge in [-0.25, -0.2) is 0 Å². The number of fused-ring (bicyclic) bond motifs is 2. The molecule has 3 N–H and O–H groups in total. The molecule has 1 aliphatic carbocycles. The summed E-state index contributed by atoms with van der Waals surface area (Å²) in [7, 11) is 0. The highest BCUT2D eigenvalue weighted by Gasteiger charge is 2.79. The predicted octanol–water partition coefficient (Wildman–Crippen LogP) is 0.684. The van der Waals surface area contributed by atoms with Crippen molar-refractivity contribution in [2.24, 2.45) is 17.8 Å². The third kappa shape index (κ3) is 1.51. The first kappa shape index (κ1) is 15.5. The van der Waals surface area contributed by atoms with Crippen molar-refractivity contribution in [2.45, 2.75) is 69.0 Å². The van der Waals surface area contributed by atoms with E-state index in [-0.39, 0.29) is 29.8 Å². The van der Waals surface area contributed by atoms with E-state index in [9.17, 15) is 9.90 Å². The number of quaternary nitrogens is 1. The van der Waals surface area contributed by atoms with Crippen molar-refractivity contribution in [2.75, 3.05) is 5.32 Å². The van der Waals surface area contributed by atoms with Crippen LogP contribution in [0.1, 0.15) is 38.7 Å². The van der Waals surface area contributed by atoms with Crippen LogP contribution < -0.4 is 10.2 Å². The van der Waals surface area contributed by atoms with Gasteiger partial charge in [0.2, 0.25) is 0 Å². The molecular weight excluding hydrogens is 328 g/mol. The second-order valence-electron chi connectivity index (χ2n) is 9.15. The van der Waals surface area contributed by atoms with Crippen LogP contribution in [-0.2, 0) is 14.9 Å². The molecule has 4 saturated heterocycles. The van der Waals surface area contributed by atoms with E-state index < -0.39 is 0 Å². The highest BCUT2D eigenvalue weighted by molar-refractivity contribution is 5.69. The van der Waals surface area contributed by atoms with E-state index >= 15 is 0 Å². The number of rotatable bonds is 2. The van der Waals surface area contributed by atoms with Gasteiger partial charge in [0, 0.05) is 31.4 Å². The molecule has 5 heterocycles. The molecule has 6 aliphatic rings. The van der Waals surface area contributed by atoms with Crippen LogP contribution in [0.25, 0.3) is 0 Å². The number of nitrogens with one attached hydrogen (secondary N) is 2. The Bertz CT molecular complexity index is 797. The number of esters is 1. The van der Waals surface area contributed by atoms with Crippen LogP contribution in [0, 0.1) is 17.8 Å². The Kier molecular flexibility index (Phi) is 2.86. The first-order valence-electron chi connectivity index (χ1n) is 10.2. The van der Waals surface area contributed by atoms with E-state index in [4.69, 9.17) is 4.74 Å². The van der Waals surface area contributed by atoms with E-state index in [1.54, 1.807) is 6.92 Å². The van der Waals surface area contributed by atoms with Crippen molar-refractivity contribution in [3.63, 3.8) is 0 Å². The van der Waals surface area contributed by atoms with E-state index in [0.717, 1.165) is 19.3 Å². The molecule has 5 fully saturated rings. The van der Waals surface area contributed by atoms with Crippen molar-refractivity contribution < 1.29 is 19.5 Å². The largest absolute Gasteiger partial charge is 0.461 e. The number of ether oxygens (including phenoxy) is 1. The van der Waals surface area contributed by atoms with E-state index in [0.29, 0.717) is 29.8 Å². The second kappa shape index (κ2) is 4.82. The third-order valence-electron chi connectivity index (χ3n) is 8.51. The Labute approximate surface area is 153 Å². The lowest BCUT2D eigenvalue weighted by Gasteiger charge is -2.58. The van der Waals surface area contributed by atoms with Gasteiger partial charge in [0.1, 0.15) is 12.1 Å². The molecule has 10 atom stereocenters. The fourth-order valence-corrected chi connectivity index (χ4v) is 8.00. The maximum Gasteiger partial charge on any atom is 0.302 e. The Balaban J connectivity index is 1.57. The van der Waals surface area contributed by atoms with Crippen LogP contribution >= 0.6 is 0 Å². The topological polar surface area (TPSA) is 63.0 Å². The molecule has 0 amide bonds. The molecule has 5 bridgehead atoms. The molecule has 1 aromatic rings. The van der Waals surface area contributed by atoms with Gasteiger partial charge in [-0.3, -0.25) is 4.79 Å². The fourth-order valence-electron chi connectivity index (χ4n) is 8.00. The number of anilines is 1. The van der Waals surface area contributed by atoms with Gasteiger partial charge in [-0.2, -0.15) is 0 Å². The highest BCUT2D eigenvalue weighted by Crippen LogP contribution is 2.63. The zero-order chi connectivity index (χ0) is 17.8. The number of piperidine rings is 4. The molecule has 1 aromatic carbocycles. The number of hydrogen-bond acceptors (Lipinski definition) is 4. The zero-order valence-corrected chi connectivity index (χ0v) is 15.3. The standard InChI is InChI=1S/C21H26N2O3/c1-3-11-12-8-15-18-21(13-6-4-5-7-14(13)22-18)9-16(23(15)20(11)25)17(12)19(21)26-10(2)24/h4-7,11-12,15-20,22,25H,3,8-9H2,1-2H3/p+1/t11-,12-,15-,16-,17?,18-,19+,20+,21+/m0/s1. The monoisotopic (exact) mass is 355 g/mol. The number of carbonyl (C=O) groups is 1. The Hall–Kier alpha value is -1.59. The van der Waals surface area contributed by atoms with Gasteiger partial charge < -0.3 is 20.1 Å². The molecule has 2 unspecified atom stereocenters. The number of aliphatic hydroxyl groups excluding tert-OH is 1. The van der Waals surface area contributed by atoms with Gasteiger partial charge in [0.25, 0.3) is 0 Å². The summed E-state index contributed by atoms with van der Waals surface area (Å²) in [5, 5.41) is 14.9. The summed E-state index contributed by atoms with van der Waals surface area (Å²) in [6.45, 7) is 3.74. The Morgan fingerprint density at radius 2 is 2.19 bits per heavy atom. The smallest absolute Gasteiger partial charge is 0.302 e. The summed E-state index contributed by atoms with van der Waals surface area (Å²) >= 11 is 0. The van der Waals surface area contributed by atoms with Crippen molar-refractivity contribution >= 4 is 11.7 Å². The second-order valence-corrected chi connectivity index (χ2v) is 9.15. The summed E-state index contributed by atoms with van der Waals surface area (Å²) in [4.78, 5) is 13.5. The summed E-state index contributed by atoms with van der Waals surface area (Å²) in [6.07, 6.45) is 2.81. The van der Waals surface area contributed by atoms with Gasteiger partial charge in [-0.1, -0.05) is 25.1 Å². The summed E-state index contributed by atoms with van der Waals surface area (Å²) < 4.78 is 6.12. The molecule has 5 nitrogen and oxygen atoms in total. The van der Waals surface area contributed by atoms with Crippen LogP contribution in [-0.4, -0.2) is 41.5 Å². The number of hydrogen-bond donors (Lipinski definition) is 3. The maximum atomic E-state index is 12.1. The summed E-state index contributed by atoms with van der Waals surface area (Å²) in [5.41, 5.74) is 2.40. The molecule has 0 aromatic heterocycles. The van der Waals surface area contributed by atoms with Crippen molar-refractivity contribution in [1.29, 1.82) is 0 Å². The van der Waals surface area contributed by atoms with Gasteiger partial charge >= 0.3 is 5.97 Å². The van der Waals surface area contributed by atoms with Crippen molar-refractivity contribution in [3.05, 3.63) is 29.8 Å². The first-order valence-corrected chi connectivity index (χ1v) is 10.2. The molecule has 0 radical (unpaired) electrons. The predicted molar refractivity (Wildman–Crippen MR) is 95.6 cm³/mol. The minimum absolute atomic E-state index is 0.0693. The third-order valence-corrected chi connectivity index (χ3v) is 8.51. The molecule has 7 rings (SSSR count). The quantitative estimate of drug-likeness (QED) is 0.683. The highest BCUT2D eigenvalue weighted by atomic mass is 16.5. The SMILES string of the molecule is CC[C@H]1[C@@H]2C[C@H]3[C@@H]4Nc5ccccc5[C@]45C[C@@H](C2[C@H]5OC(C)=O)[NH+]3[C@@H]1O. The van der Waals surface area contributed by atoms with Gasteiger partial charge in [0.05, 0.1) is 23.4 Å². The van der Waals surface area contributed by atoms with Crippen LogP contribution in [0.3, 0.4) is 0 Å². The van der Waals surface area contributed by atoms with Gasteiger partial charge in [-0.15, -0.1) is 0 Å². The number of benzene rings is 1. The summed E-state index contributed by atoms with van der Waals surface area (Å²) in [5.74, 6) is 0.991. The van der Waals surface area contributed by atoms with Gasteiger partial charge in [-0.05, 0) is 24.0 Å². The van der Waals surface area contributed by atoms with E-state index in [1.807, 2.05) is 0 Å². The van der Waals surface area contributed by atoms with Crippen LogP contribution in [0.5, 0.6) is 0 Å². The Morgan fingerprint density at radius 1 is 1.38 bits per heavy atom. The molecular formula is C21H27N2O3+. The van der Waals surface area contributed by atoms with E-state index in [2.05, 4.69) is 36.5 Å². The number of para-hydroxylation sites is 1. The average molecular weight is 355 g/mol. The average Bonchev–Trinajstić information content (AvgIpc) is 3.08. The van der Waals surface area contributed by atoms with Crippen LogP contribution in [0.15, 0.2) is 24.3 Å². The Morgan fingerprint density at radius 3 is 2.96 bits per heavy atom. The number of aliphatic hydroxyl groups is 1. The molecule has 5 aliphatic heterocycles.